The summed E-state index contributed by atoms with van der Waals surface area (Å²) in [4.78, 5) is 12.0. The van der Waals surface area contributed by atoms with Gasteiger partial charge < -0.3 is 19.5 Å². The van der Waals surface area contributed by atoms with Gasteiger partial charge in [0.05, 0.1) is 6.61 Å². The van der Waals surface area contributed by atoms with Crippen molar-refractivity contribution in [2.75, 3.05) is 19.7 Å². The molecule has 1 aliphatic rings. The van der Waals surface area contributed by atoms with Crippen molar-refractivity contribution in [1.82, 2.24) is 4.90 Å². The van der Waals surface area contributed by atoms with Crippen LogP contribution in [0.4, 0.5) is 4.79 Å². The monoisotopic (exact) mass is 284 g/mol. The topological polar surface area (TPSA) is 52.6 Å². The van der Waals surface area contributed by atoms with E-state index >= 15 is 0 Å². The molecule has 4 nitrogen and oxygen atoms in total. The summed E-state index contributed by atoms with van der Waals surface area (Å²) in [7, 11) is 0. The molecule has 0 spiro atoms. The van der Waals surface area contributed by atoms with Crippen molar-refractivity contribution in [3.05, 3.63) is 34.3 Å². The number of rotatable bonds is 1. The first-order valence-electron chi connectivity index (χ1n) is 5.00. The second-order valence-corrected chi connectivity index (χ2v) is 4.54. The molecule has 1 unspecified atom stereocenters. The highest BCUT2D eigenvalue weighted by molar-refractivity contribution is 9.10. The summed E-state index contributed by atoms with van der Waals surface area (Å²) in [5, 5.41) is 10.7. The van der Waals surface area contributed by atoms with Crippen LogP contribution in [0, 0.1) is 0 Å². The number of halogens is 1. The van der Waals surface area contributed by atoms with E-state index in [2.05, 4.69) is 15.9 Å². The molecule has 5 heteroatoms. The van der Waals surface area contributed by atoms with Crippen LogP contribution < -0.4 is 5.11 Å². The van der Waals surface area contributed by atoms with Crippen LogP contribution in [0.25, 0.3) is 0 Å². The largest absolute Gasteiger partial charge is 0.530 e. The molecule has 1 amide bonds. The smallest absolute Gasteiger partial charge is 0.137 e. The van der Waals surface area contributed by atoms with E-state index in [1.54, 1.807) is 0 Å². The summed E-state index contributed by atoms with van der Waals surface area (Å²) in [6.45, 7) is 1.13. The summed E-state index contributed by atoms with van der Waals surface area (Å²) >= 11 is 3.35. The molecular weight excluding hydrogens is 274 g/mol. The maximum atomic E-state index is 10.7. The maximum absolute atomic E-state index is 10.7. The number of ether oxygens (including phenoxy) is 1. The highest BCUT2D eigenvalue weighted by Gasteiger charge is 2.21. The van der Waals surface area contributed by atoms with Crippen LogP contribution in [0.1, 0.15) is 11.7 Å². The van der Waals surface area contributed by atoms with Crippen molar-refractivity contribution in [2.24, 2.45) is 0 Å². The minimum absolute atomic E-state index is 0.195. The average molecular weight is 285 g/mol. The van der Waals surface area contributed by atoms with E-state index in [1.807, 2.05) is 24.3 Å². The number of carbonyl (C=O) groups excluding carboxylic acids is 1. The van der Waals surface area contributed by atoms with Gasteiger partial charge in [0.2, 0.25) is 0 Å². The van der Waals surface area contributed by atoms with Gasteiger partial charge in [-0.2, -0.15) is 0 Å². The zero-order valence-electron chi connectivity index (χ0n) is 8.56. The van der Waals surface area contributed by atoms with Crippen LogP contribution in [0.3, 0.4) is 0 Å². The first kappa shape index (κ1) is 11.4. The average Bonchev–Trinajstić information content (AvgIpc) is 2.30. The Labute approximate surface area is 102 Å². The molecule has 2 rings (SSSR count). The molecule has 16 heavy (non-hydrogen) atoms. The zero-order valence-corrected chi connectivity index (χ0v) is 10.1. The second kappa shape index (κ2) is 4.84. The number of amides is 1. The standard InChI is InChI=1S/C11H12BrNO3/c12-9-3-1-8(2-4-9)10-7-13(11(14)15)5-6-16-10/h1-4,10H,5-7H2,(H,14,15)/p-1. The lowest BCUT2D eigenvalue weighted by molar-refractivity contribution is -0.270. The number of carboxylic acid groups (broad SMARTS) is 1. The van der Waals surface area contributed by atoms with Gasteiger partial charge in [-0.3, -0.25) is 0 Å². The Morgan fingerprint density at radius 1 is 1.44 bits per heavy atom. The van der Waals surface area contributed by atoms with E-state index in [0.29, 0.717) is 19.7 Å². The molecule has 0 saturated carbocycles. The maximum Gasteiger partial charge on any atom is 0.137 e. The predicted molar refractivity (Wildman–Crippen MR) is 59.8 cm³/mol. The first-order chi connectivity index (χ1) is 7.66. The molecule has 1 saturated heterocycles. The minimum Gasteiger partial charge on any atom is -0.530 e. The van der Waals surface area contributed by atoms with E-state index in [-0.39, 0.29) is 6.10 Å². The lowest BCUT2D eigenvalue weighted by Crippen LogP contribution is -2.48. The third-order valence-electron chi connectivity index (χ3n) is 2.57. The highest BCUT2D eigenvalue weighted by atomic mass is 79.9. The Balaban J connectivity index is 2.09. The molecule has 0 bridgehead atoms. The fourth-order valence-corrected chi connectivity index (χ4v) is 1.96. The number of nitrogens with zero attached hydrogens (tertiary/aromatic N) is 1. The Morgan fingerprint density at radius 3 is 2.75 bits per heavy atom. The summed E-state index contributed by atoms with van der Waals surface area (Å²) < 4.78 is 6.53. The Kier molecular flexibility index (Phi) is 3.46. The predicted octanol–water partition coefficient (Wildman–Crippen LogP) is 1.17. The van der Waals surface area contributed by atoms with Crippen molar-refractivity contribution < 1.29 is 14.6 Å². The fourth-order valence-electron chi connectivity index (χ4n) is 1.69. The molecule has 1 fully saturated rings. The van der Waals surface area contributed by atoms with Crippen LogP contribution in [-0.2, 0) is 4.74 Å². The quantitative estimate of drug-likeness (QED) is 0.778. The molecule has 1 aromatic carbocycles. The van der Waals surface area contributed by atoms with E-state index in [4.69, 9.17) is 4.74 Å². The van der Waals surface area contributed by atoms with Gasteiger partial charge in [-0.15, -0.1) is 0 Å². The van der Waals surface area contributed by atoms with Crippen molar-refractivity contribution >= 4 is 22.0 Å². The third-order valence-corrected chi connectivity index (χ3v) is 3.10. The van der Waals surface area contributed by atoms with Crippen LogP contribution in [0.2, 0.25) is 0 Å². The molecule has 1 aliphatic heterocycles. The Hall–Kier alpha value is -1.07. The molecule has 86 valence electrons. The van der Waals surface area contributed by atoms with Gasteiger partial charge >= 0.3 is 0 Å². The minimum atomic E-state index is -1.13. The molecule has 0 aromatic heterocycles. The van der Waals surface area contributed by atoms with Gasteiger partial charge in [-0.25, -0.2) is 0 Å². The number of carbonyl (C=O) groups is 1. The van der Waals surface area contributed by atoms with Gasteiger partial charge in [-0.05, 0) is 17.7 Å². The normalized spacial score (nSPS) is 20.8. The molecule has 0 aliphatic carbocycles. The summed E-state index contributed by atoms with van der Waals surface area (Å²) in [6.07, 6.45) is -1.33. The lowest BCUT2D eigenvalue weighted by Gasteiger charge is -2.34. The van der Waals surface area contributed by atoms with Gasteiger partial charge in [0.25, 0.3) is 0 Å². The van der Waals surface area contributed by atoms with E-state index in [0.717, 1.165) is 10.0 Å². The number of benzene rings is 1. The summed E-state index contributed by atoms with van der Waals surface area (Å²) in [6, 6.07) is 7.67. The van der Waals surface area contributed by atoms with Gasteiger partial charge in [0.15, 0.2) is 0 Å². The van der Waals surface area contributed by atoms with E-state index < -0.39 is 6.09 Å². The van der Waals surface area contributed by atoms with Gasteiger partial charge in [0, 0.05) is 17.6 Å². The van der Waals surface area contributed by atoms with E-state index in [1.165, 1.54) is 4.90 Å². The summed E-state index contributed by atoms with van der Waals surface area (Å²) in [5.74, 6) is 0. The third kappa shape index (κ3) is 2.54. The van der Waals surface area contributed by atoms with Gasteiger partial charge in [0.1, 0.15) is 12.2 Å². The van der Waals surface area contributed by atoms with Crippen molar-refractivity contribution in [3.8, 4) is 0 Å². The van der Waals surface area contributed by atoms with Gasteiger partial charge in [-0.1, -0.05) is 28.1 Å². The molecule has 1 atom stereocenters. The van der Waals surface area contributed by atoms with Crippen molar-refractivity contribution in [2.45, 2.75) is 6.10 Å². The SMILES string of the molecule is O=C([O-])N1CCOC(c2ccc(Br)cc2)C1. The number of hydrogen-bond donors (Lipinski definition) is 0. The highest BCUT2D eigenvalue weighted by Crippen LogP contribution is 2.23. The van der Waals surface area contributed by atoms with Crippen LogP contribution in [0.5, 0.6) is 0 Å². The van der Waals surface area contributed by atoms with Crippen LogP contribution in [0.15, 0.2) is 28.7 Å². The Morgan fingerprint density at radius 2 is 2.12 bits per heavy atom. The van der Waals surface area contributed by atoms with Crippen molar-refractivity contribution in [3.63, 3.8) is 0 Å². The zero-order chi connectivity index (χ0) is 11.5. The first-order valence-corrected chi connectivity index (χ1v) is 5.79. The fraction of sp³-hybridized carbons (Fsp3) is 0.364. The Bertz CT molecular complexity index is 379. The summed E-state index contributed by atoms with van der Waals surface area (Å²) in [5.41, 5.74) is 0.981. The molecule has 1 heterocycles. The molecule has 1 aromatic rings. The second-order valence-electron chi connectivity index (χ2n) is 3.62. The lowest BCUT2D eigenvalue weighted by atomic mass is 10.1. The molecule has 0 N–H and O–H groups in total. The van der Waals surface area contributed by atoms with E-state index in [9.17, 15) is 9.90 Å². The van der Waals surface area contributed by atoms with Crippen LogP contribution in [-0.4, -0.2) is 30.7 Å². The number of hydrogen-bond acceptors (Lipinski definition) is 3. The molecular formula is C11H11BrNO3-. The van der Waals surface area contributed by atoms with Crippen LogP contribution >= 0.6 is 15.9 Å². The molecule has 0 radical (unpaired) electrons. The van der Waals surface area contributed by atoms with Crippen molar-refractivity contribution in [1.29, 1.82) is 0 Å². The number of morpholine rings is 1.